The summed E-state index contributed by atoms with van der Waals surface area (Å²) < 4.78 is 38.7. The Bertz CT molecular complexity index is 1360. The van der Waals surface area contributed by atoms with Gasteiger partial charge < -0.3 is 20.4 Å². The van der Waals surface area contributed by atoms with Crippen molar-refractivity contribution in [1.82, 2.24) is 15.1 Å². The van der Waals surface area contributed by atoms with Crippen LogP contribution in [0.4, 0.5) is 23.7 Å². The molecule has 210 valence electrons. The van der Waals surface area contributed by atoms with Crippen LogP contribution in [-0.2, 0) is 28.6 Å². The molecular weight excluding hydrogens is 541 g/mol. The van der Waals surface area contributed by atoms with E-state index in [2.05, 4.69) is 16.7 Å². The van der Waals surface area contributed by atoms with Crippen molar-refractivity contribution in [3.8, 4) is 0 Å². The second-order valence-corrected chi connectivity index (χ2v) is 11.0. The van der Waals surface area contributed by atoms with Gasteiger partial charge in [-0.2, -0.15) is 13.2 Å². The van der Waals surface area contributed by atoms with Crippen LogP contribution in [0.3, 0.4) is 0 Å². The first-order valence-corrected chi connectivity index (χ1v) is 14.0. The molecule has 3 aromatic rings. The lowest BCUT2D eigenvalue weighted by atomic mass is 9.87. The van der Waals surface area contributed by atoms with Gasteiger partial charge in [0.25, 0.3) is 0 Å². The lowest BCUT2D eigenvalue weighted by Gasteiger charge is -2.41. The molecule has 2 unspecified atom stereocenters. The minimum absolute atomic E-state index is 0.0388. The fourth-order valence-corrected chi connectivity index (χ4v) is 5.97. The second kappa shape index (κ2) is 11.7. The van der Waals surface area contributed by atoms with E-state index in [-0.39, 0.29) is 49.6 Å². The van der Waals surface area contributed by atoms with Gasteiger partial charge >= 0.3 is 12.2 Å². The van der Waals surface area contributed by atoms with E-state index in [4.69, 9.17) is 0 Å². The van der Waals surface area contributed by atoms with Crippen LogP contribution in [0, 0.1) is 0 Å². The Balaban J connectivity index is 1.31. The third kappa shape index (κ3) is 6.30. The monoisotopic (exact) mass is 570 g/mol. The van der Waals surface area contributed by atoms with Crippen molar-refractivity contribution in [1.29, 1.82) is 0 Å². The summed E-state index contributed by atoms with van der Waals surface area (Å²) in [5, 5.41) is 7.62. The Hall–Kier alpha value is -3.86. The number of hydrogen-bond donors (Lipinski definition) is 2. The Morgan fingerprint density at radius 2 is 1.75 bits per heavy atom. The van der Waals surface area contributed by atoms with Gasteiger partial charge in [-0.1, -0.05) is 30.3 Å². The number of anilines is 1. The molecule has 5 rings (SSSR count). The number of nitrogens with zero attached hydrogens (tertiary/aromatic N) is 2. The summed E-state index contributed by atoms with van der Waals surface area (Å²) >= 11 is 1.46. The summed E-state index contributed by atoms with van der Waals surface area (Å²) in [6.45, 7) is 0.297. The van der Waals surface area contributed by atoms with E-state index in [0.717, 1.165) is 41.8 Å². The second-order valence-electron chi connectivity index (χ2n) is 9.96. The first-order valence-electron chi connectivity index (χ1n) is 13.1. The molecule has 7 nitrogen and oxygen atoms in total. The lowest BCUT2D eigenvalue weighted by molar-refractivity contribution is -0.143. The Kier molecular flexibility index (Phi) is 8.11. The van der Waals surface area contributed by atoms with Crippen molar-refractivity contribution in [3.63, 3.8) is 0 Å². The molecule has 2 heterocycles. The number of rotatable bonds is 5. The maximum absolute atomic E-state index is 13.7. The lowest BCUT2D eigenvalue weighted by Crippen LogP contribution is -2.62. The highest BCUT2D eigenvalue weighted by molar-refractivity contribution is 7.10. The maximum atomic E-state index is 13.7. The third-order valence-corrected chi connectivity index (χ3v) is 8.22. The summed E-state index contributed by atoms with van der Waals surface area (Å²) in [5.41, 5.74) is 1.63. The van der Waals surface area contributed by atoms with Gasteiger partial charge in [-0.3, -0.25) is 9.59 Å². The fourth-order valence-electron chi connectivity index (χ4n) is 5.27. The molecule has 0 radical (unpaired) electrons. The van der Waals surface area contributed by atoms with Crippen LogP contribution in [0.5, 0.6) is 0 Å². The highest BCUT2D eigenvalue weighted by atomic mass is 32.1. The number of fused-ring (bicyclic) bond motifs is 1. The standard InChI is InChI=1S/C29H29F3N4O3S/c30-29(31,32)20-10-12-21(13-11-20)33-28(39)35-14-15-36(26(37)17-22-7-4-16-40-22)25(18-35)27(38)34-24-9-3-6-19-5-1-2-8-23(19)24/h1-2,4-5,7-8,10-13,16,24-25H,3,6,9,14-15,17-18H2,(H,33,39)(H,34,38). The molecule has 0 bridgehead atoms. The molecule has 1 aromatic heterocycles. The van der Waals surface area contributed by atoms with Gasteiger partial charge in [0.2, 0.25) is 11.8 Å². The molecule has 1 saturated heterocycles. The summed E-state index contributed by atoms with van der Waals surface area (Å²) in [5.74, 6) is -0.539. The van der Waals surface area contributed by atoms with E-state index in [1.54, 1.807) is 0 Å². The van der Waals surface area contributed by atoms with E-state index in [0.29, 0.717) is 0 Å². The van der Waals surface area contributed by atoms with Crippen molar-refractivity contribution in [2.45, 2.75) is 43.9 Å². The van der Waals surface area contributed by atoms with Crippen molar-refractivity contribution in [2.75, 3.05) is 25.0 Å². The topological polar surface area (TPSA) is 81.8 Å². The van der Waals surface area contributed by atoms with Gasteiger partial charge in [-0.15, -0.1) is 11.3 Å². The quantitative estimate of drug-likeness (QED) is 0.440. The Morgan fingerprint density at radius 1 is 0.975 bits per heavy atom. The van der Waals surface area contributed by atoms with Crippen LogP contribution in [0.2, 0.25) is 0 Å². The molecule has 1 aliphatic carbocycles. The number of piperazine rings is 1. The molecule has 2 N–H and O–H groups in total. The Labute approximate surface area is 234 Å². The first kappa shape index (κ1) is 27.7. The van der Waals surface area contributed by atoms with Crippen molar-refractivity contribution in [3.05, 3.63) is 87.6 Å². The molecule has 0 saturated carbocycles. The number of hydrogen-bond acceptors (Lipinski definition) is 4. The van der Waals surface area contributed by atoms with Crippen LogP contribution in [0.15, 0.2) is 66.0 Å². The average Bonchev–Trinajstić information content (AvgIpc) is 3.45. The number of nitrogens with one attached hydrogen (secondary N) is 2. The molecular formula is C29H29F3N4O3S. The predicted octanol–water partition coefficient (Wildman–Crippen LogP) is 5.25. The zero-order chi connectivity index (χ0) is 28.3. The summed E-state index contributed by atoms with van der Waals surface area (Å²) in [6, 6.07) is 14.2. The predicted molar refractivity (Wildman–Crippen MR) is 146 cm³/mol. The number of halogens is 3. The number of benzene rings is 2. The summed E-state index contributed by atoms with van der Waals surface area (Å²) in [4.78, 5) is 43.9. The van der Waals surface area contributed by atoms with Crippen molar-refractivity contribution in [2.24, 2.45) is 0 Å². The van der Waals surface area contributed by atoms with Crippen LogP contribution >= 0.6 is 11.3 Å². The highest BCUT2D eigenvalue weighted by Crippen LogP contribution is 2.31. The van der Waals surface area contributed by atoms with E-state index >= 15 is 0 Å². The number of amides is 4. The number of alkyl halides is 3. The van der Waals surface area contributed by atoms with Gasteiger partial charge in [0.15, 0.2) is 0 Å². The van der Waals surface area contributed by atoms with E-state index in [1.165, 1.54) is 38.8 Å². The highest BCUT2D eigenvalue weighted by Gasteiger charge is 2.38. The van der Waals surface area contributed by atoms with Crippen molar-refractivity contribution < 1.29 is 27.6 Å². The molecule has 2 atom stereocenters. The number of aryl methyl sites for hydroxylation is 1. The maximum Gasteiger partial charge on any atom is 0.416 e. The van der Waals surface area contributed by atoms with E-state index in [9.17, 15) is 27.6 Å². The van der Waals surface area contributed by atoms with E-state index < -0.39 is 23.8 Å². The number of carbonyl (C=O) groups excluding carboxylic acids is 3. The zero-order valence-electron chi connectivity index (χ0n) is 21.6. The first-order chi connectivity index (χ1) is 19.2. The molecule has 1 fully saturated rings. The zero-order valence-corrected chi connectivity index (χ0v) is 22.4. The van der Waals surface area contributed by atoms with Gasteiger partial charge in [-0.25, -0.2) is 4.79 Å². The summed E-state index contributed by atoms with van der Waals surface area (Å²) in [6.07, 6.45) is -1.68. The number of thiophene rings is 1. The minimum atomic E-state index is -4.48. The van der Waals surface area contributed by atoms with Gasteiger partial charge in [0.05, 0.1) is 24.6 Å². The van der Waals surface area contributed by atoms with Gasteiger partial charge in [0.1, 0.15) is 6.04 Å². The molecule has 4 amide bonds. The third-order valence-electron chi connectivity index (χ3n) is 7.35. The molecule has 11 heteroatoms. The molecule has 40 heavy (non-hydrogen) atoms. The van der Waals surface area contributed by atoms with Crippen LogP contribution < -0.4 is 10.6 Å². The molecule has 2 aromatic carbocycles. The van der Waals surface area contributed by atoms with Crippen LogP contribution in [0.25, 0.3) is 0 Å². The largest absolute Gasteiger partial charge is 0.416 e. The Morgan fingerprint density at radius 3 is 2.48 bits per heavy atom. The fraction of sp³-hybridized carbons (Fsp3) is 0.345. The van der Waals surface area contributed by atoms with Crippen LogP contribution in [-0.4, -0.2) is 53.3 Å². The SMILES string of the molecule is O=C(NC1CCCc2ccccc21)C1CN(C(=O)Nc2ccc(C(F)(F)F)cc2)CCN1C(=O)Cc1cccs1. The molecule has 2 aliphatic rings. The normalized spacial score (nSPS) is 19.1. The van der Waals surface area contributed by atoms with E-state index in [1.807, 2.05) is 35.7 Å². The van der Waals surface area contributed by atoms with Gasteiger partial charge in [-0.05, 0) is 66.1 Å². The van der Waals surface area contributed by atoms with Crippen molar-refractivity contribution >= 4 is 34.9 Å². The molecule has 0 spiro atoms. The number of carbonyl (C=O) groups is 3. The smallest absolute Gasteiger partial charge is 0.347 e. The molecule has 1 aliphatic heterocycles. The summed E-state index contributed by atoms with van der Waals surface area (Å²) in [7, 11) is 0. The van der Waals surface area contributed by atoms with Crippen LogP contribution in [0.1, 0.15) is 40.5 Å². The van der Waals surface area contributed by atoms with Gasteiger partial charge in [0, 0.05) is 23.7 Å². The minimum Gasteiger partial charge on any atom is -0.347 e. The average molecular weight is 571 g/mol. The number of urea groups is 1.